The van der Waals surface area contributed by atoms with Gasteiger partial charge >= 0.3 is 5.97 Å². The Bertz CT molecular complexity index is 1240. The number of Topliss-reactive ketones (excluding diaryl/α,β-unsaturated/α-hetero) is 1. The van der Waals surface area contributed by atoms with E-state index in [1.165, 1.54) is 6.92 Å². The van der Waals surface area contributed by atoms with Gasteiger partial charge in [0.2, 0.25) is 11.4 Å². The number of nitrogens with zero attached hydrogens (tertiary/aromatic N) is 1. The highest BCUT2D eigenvalue weighted by Crippen LogP contribution is 2.44. The van der Waals surface area contributed by atoms with Gasteiger partial charge in [-0.25, -0.2) is 0 Å². The summed E-state index contributed by atoms with van der Waals surface area (Å²) in [6, 6.07) is -0.288. The fourth-order valence-electron chi connectivity index (χ4n) is 8.40. The molecule has 3 saturated heterocycles. The molecule has 13 nitrogen and oxygen atoms in total. The Labute approximate surface area is 291 Å². The number of rotatable bonds is 6. The second-order valence-corrected chi connectivity index (χ2v) is 16.0. The lowest BCUT2D eigenvalue weighted by atomic mass is 9.77. The number of aliphatic hydroxyl groups excluding tert-OH is 2. The molecule has 4 aliphatic rings. The quantitative estimate of drug-likeness (QED) is 0.298. The summed E-state index contributed by atoms with van der Waals surface area (Å²) in [6.45, 7) is 17.0. The van der Waals surface area contributed by atoms with E-state index in [9.17, 15) is 30.0 Å². The molecule has 0 aromatic rings. The Balaban J connectivity index is 1.82. The van der Waals surface area contributed by atoms with E-state index in [-0.39, 0.29) is 30.8 Å². The minimum atomic E-state index is -1.65. The van der Waals surface area contributed by atoms with Crippen LogP contribution in [-0.2, 0) is 38.0 Å². The number of carbonyl (C=O) groups is 2. The van der Waals surface area contributed by atoms with E-state index < -0.39 is 89.7 Å². The van der Waals surface area contributed by atoms with Crippen molar-refractivity contribution in [3.05, 3.63) is 11.3 Å². The number of fused-ring (bicyclic) bond motifs is 2. The van der Waals surface area contributed by atoms with Gasteiger partial charge in [-0.05, 0) is 81.8 Å². The van der Waals surface area contributed by atoms with E-state index >= 15 is 0 Å². The van der Waals surface area contributed by atoms with Crippen molar-refractivity contribution in [2.45, 2.75) is 173 Å². The molecule has 4 heterocycles. The topological polar surface area (TPSA) is 174 Å². The van der Waals surface area contributed by atoms with Gasteiger partial charge in [0.1, 0.15) is 24.1 Å². The van der Waals surface area contributed by atoms with Crippen molar-refractivity contribution in [1.29, 1.82) is 0 Å². The Morgan fingerprint density at radius 3 is 2.14 bits per heavy atom. The summed E-state index contributed by atoms with van der Waals surface area (Å²) < 4.78 is 37.8. The average Bonchev–Trinajstić information content (AvgIpc) is 3.24. The number of aliphatic hydroxyl groups is 4. The SMILES string of the molecule is CC[C@H]1OC(=O)[C@H](C)[C@@H](O[C@H]2C[C@@](C)(O)[C@@H](O)[C@H](C)O2)[C@H](C)[C@@H](O[C@@H]2O[C@H](C)C[C@H](N(C)C)[C@H]2O)[C@](C)(O)C[C@@H](C)C2=C(C)C(=O)[C@@]1(C)O2. The highest BCUT2D eigenvalue weighted by molar-refractivity contribution is 6.04. The second-order valence-electron chi connectivity index (χ2n) is 16.0. The number of hydrogen-bond donors (Lipinski definition) is 4. The largest absolute Gasteiger partial charge is 0.479 e. The predicted molar refractivity (Wildman–Crippen MR) is 178 cm³/mol. The zero-order valence-electron chi connectivity index (χ0n) is 31.3. The lowest BCUT2D eigenvalue weighted by Gasteiger charge is -2.48. The summed E-state index contributed by atoms with van der Waals surface area (Å²) in [4.78, 5) is 29.7. The maximum absolute atomic E-state index is 14.1. The summed E-state index contributed by atoms with van der Waals surface area (Å²) in [6.07, 6.45) is -7.68. The van der Waals surface area contributed by atoms with Crippen molar-refractivity contribution in [2.75, 3.05) is 14.1 Å². The summed E-state index contributed by atoms with van der Waals surface area (Å²) >= 11 is 0. The first-order valence-corrected chi connectivity index (χ1v) is 17.8. The van der Waals surface area contributed by atoms with Gasteiger partial charge in [-0.2, -0.15) is 0 Å². The number of hydrogen-bond acceptors (Lipinski definition) is 13. The van der Waals surface area contributed by atoms with Gasteiger partial charge in [0, 0.05) is 29.9 Å². The number of allylic oxidation sites excluding steroid dienone is 1. The summed E-state index contributed by atoms with van der Waals surface area (Å²) in [5.41, 5.74) is -4.26. The third kappa shape index (κ3) is 7.90. The number of ether oxygens (including phenoxy) is 6. The molecular weight excluding hydrogens is 638 g/mol. The minimum Gasteiger partial charge on any atom is -0.479 e. The average molecular weight is 700 g/mol. The van der Waals surface area contributed by atoms with Crippen molar-refractivity contribution >= 4 is 11.8 Å². The highest BCUT2D eigenvalue weighted by atomic mass is 16.7. The van der Waals surface area contributed by atoms with Crippen LogP contribution in [0.25, 0.3) is 0 Å². The minimum absolute atomic E-state index is 0.0814. The summed E-state index contributed by atoms with van der Waals surface area (Å²) in [7, 11) is 3.74. The summed E-state index contributed by atoms with van der Waals surface area (Å²) in [5.74, 6) is -2.77. The molecule has 4 aliphatic heterocycles. The molecule has 2 bridgehead atoms. The number of cyclic esters (lactones) is 1. The molecule has 0 aromatic carbocycles. The van der Waals surface area contributed by atoms with Crippen LogP contribution in [0.3, 0.4) is 0 Å². The van der Waals surface area contributed by atoms with E-state index in [2.05, 4.69) is 0 Å². The monoisotopic (exact) mass is 699 g/mol. The van der Waals surface area contributed by atoms with Crippen LogP contribution in [0.1, 0.15) is 94.9 Å². The van der Waals surface area contributed by atoms with Gasteiger partial charge in [0.05, 0.1) is 41.5 Å². The van der Waals surface area contributed by atoms with Crippen LogP contribution in [0.4, 0.5) is 0 Å². The molecule has 3 fully saturated rings. The fourth-order valence-corrected chi connectivity index (χ4v) is 8.40. The van der Waals surface area contributed by atoms with Crippen molar-refractivity contribution in [3.8, 4) is 0 Å². The third-order valence-electron chi connectivity index (χ3n) is 11.3. The molecule has 4 rings (SSSR count). The molecule has 0 aromatic heterocycles. The van der Waals surface area contributed by atoms with Gasteiger partial charge in [-0.1, -0.05) is 20.8 Å². The Hall–Kier alpha value is -1.68. The van der Waals surface area contributed by atoms with Crippen molar-refractivity contribution in [3.63, 3.8) is 0 Å². The van der Waals surface area contributed by atoms with E-state index in [4.69, 9.17) is 28.4 Å². The van der Waals surface area contributed by atoms with E-state index in [0.717, 1.165) is 0 Å². The maximum atomic E-state index is 14.1. The van der Waals surface area contributed by atoms with E-state index in [1.54, 1.807) is 41.5 Å². The van der Waals surface area contributed by atoms with Gasteiger partial charge in [-0.15, -0.1) is 0 Å². The molecule has 282 valence electrons. The standard InChI is InChI=1S/C36H61NO12/c1-13-24-36(10)29(39)19(4)27(49-36)17(2)15-35(9,43)31(48-33-26(38)23(37(11)12)14-18(3)44-33)20(5)28(21(6)32(41)46-24)47-25-16-34(8,42)30(40)22(7)45-25/h17-18,20-26,28,30-31,33,38,40,42-43H,13-16H2,1-12H3/t17-,18-,20+,21-,22+,23+,24-,25+,26-,28+,30+,31-,33+,34-,35-,36+/m1/s1. The number of ketones is 1. The lowest BCUT2D eigenvalue weighted by molar-refractivity contribution is -0.316. The second kappa shape index (κ2) is 14.7. The van der Waals surface area contributed by atoms with Crippen LogP contribution in [0, 0.1) is 17.8 Å². The van der Waals surface area contributed by atoms with Crippen molar-refractivity contribution < 1.29 is 58.4 Å². The van der Waals surface area contributed by atoms with Crippen LogP contribution in [0.5, 0.6) is 0 Å². The molecule has 0 amide bonds. The van der Waals surface area contributed by atoms with Gasteiger partial charge in [0.25, 0.3) is 0 Å². The Morgan fingerprint density at radius 1 is 0.939 bits per heavy atom. The molecule has 0 aliphatic carbocycles. The van der Waals surface area contributed by atoms with Crippen LogP contribution in [-0.4, -0.2) is 129 Å². The Kier molecular flexibility index (Phi) is 12.1. The molecular formula is C36H61NO12. The first kappa shape index (κ1) is 40.1. The molecule has 16 atom stereocenters. The molecule has 0 radical (unpaired) electrons. The van der Waals surface area contributed by atoms with E-state index in [1.807, 2.05) is 39.8 Å². The molecule has 0 unspecified atom stereocenters. The van der Waals surface area contributed by atoms with Crippen molar-refractivity contribution in [2.24, 2.45) is 17.8 Å². The molecule has 49 heavy (non-hydrogen) atoms. The first-order chi connectivity index (χ1) is 22.5. The smallest absolute Gasteiger partial charge is 0.311 e. The van der Waals surface area contributed by atoms with Gasteiger partial charge < -0.3 is 53.7 Å². The first-order valence-electron chi connectivity index (χ1n) is 17.8. The lowest BCUT2D eigenvalue weighted by Crippen LogP contribution is -2.60. The molecule has 0 saturated carbocycles. The van der Waals surface area contributed by atoms with E-state index in [0.29, 0.717) is 24.2 Å². The van der Waals surface area contributed by atoms with Crippen molar-refractivity contribution in [1.82, 2.24) is 4.90 Å². The third-order valence-corrected chi connectivity index (χ3v) is 11.3. The maximum Gasteiger partial charge on any atom is 0.311 e. The van der Waals surface area contributed by atoms with Gasteiger partial charge in [0.15, 0.2) is 12.6 Å². The van der Waals surface area contributed by atoms with Crippen LogP contribution in [0.15, 0.2) is 11.3 Å². The predicted octanol–water partition coefficient (Wildman–Crippen LogP) is 2.45. The fraction of sp³-hybridized carbons (Fsp3) is 0.889. The highest BCUT2D eigenvalue weighted by Gasteiger charge is 2.56. The molecule has 13 heteroatoms. The molecule has 4 N–H and O–H groups in total. The normalized spacial score (nSPS) is 48.8. The van der Waals surface area contributed by atoms with Crippen LogP contribution >= 0.6 is 0 Å². The zero-order valence-corrected chi connectivity index (χ0v) is 31.3. The van der Waals surface area contributed by atoms with Crippen LogP contribution < -0.4 is 0 Å². The summed E-state index contributed by atoms with van der Waals surface area (Å²) in [5, 5.41) is 45.5. The Morgan fingerprint density at radius 2 is 1.57 bits per heavy atom. The number of esters is 1. The van der Waals surface area contributed by atoms with Crippen LogP contribution in [0.2, 0.25) is 0 Å². The zero-order chi connectivity index (χ0) is 37.0. The van der Waals surface area contributed by atoms with Gasteiger partial charge in [-0.3, -0.25) is 9.59 Å². The number of likely N-dealkylation sites (N-methyl/N-ethyl adjacent to an activating group) is 1. The number of carbonyl (C=O) groups excluding carboxylic acids is 2. The molecule has 0 spiro atoms.